The number of carboxylic acids is 1. The molecule has 0 saturated heterocycles. The third-order valence-corrected chi connectivity index (χ3v) is 5.13. The Hall–Kier alpha value is -2.62. The molecule has 1 aliphatic rings. The van der Waals surface area contributed by atoms with E-state index in [1.54, 1.807) is 0 Å². The molecule has 4 heteroatoms. The Bertz CT molecular complexity index is 801. The fourth-order valence-corrected chi connectivity index (χ4v) is 3.74. The molecule has 0 aromatic heterocycles. The predicted molar refractivity (Wildman–Crippen MR) is 97.7 cm³/mol. The van der Waals surface area contributed by atoms with Crippen LogP contribution in [0.1, 0.15) is 35.6 Å². The van der Waals surface area contributed by atoms with Crippen LogP contribution in [0.25, 0.3) is 0 Å². The van der Waals surface area contributed by atoms with E-state index in [0.29, 0.717) is 12.8 Å². The Balaban J connectivity index is 1.81. The summed E-state index contributed by atoms with van der Waals surface area (Å²) in [5.74, 6) is -1.14. The Labute approximate surface area is 147 Å². The van der Waals surface area contributed by atoms with Crippen LogP contribution in [0.4, 0.5) is 5.69 Å². The summed E-state index contributed by atoms with van der Waals surface area (Å²) in [5, 5.41) is 12.8. The maximum absolute atomic E-state index is 12.7. The number of aliphatic carboxylic acids is 1. The normalized spacial score (nSPS) is 14.8. The number of rotatable bonds is 5. The van der Waals surface area contributed by atoms with Crippen LogP contribution in [0.3, 0.4) is 0 Å². The zero-order valence-electron chi connectivity index (χ0n) is 14.6. The molecule has 2 aromatic carbocycles. The highest BCUT2D eigenvalue weighted by atomic mass is 16.4. The molecular weight excluding hydrogens is 314 g/mol. The minimum Gasteiger partial charge on any atom is -0.481 e. The maximum atomic E-state index is 12.7. The van der Waals surface area contributed by atoms with Gasteiger partial charge in [0, 0.05) is 12.1 Å². The van der Waals surface area contributed by atoms with Crippen LogP contribution in [0.2, 0.25) is 0 Å². The molecule has 0 bridgehead atoms. The highest BCUT2D eigenvalue weighted by molar-refractivity contribution is 5.96. The second kappa shape index (κ2) is 6.71. The van der Waals surface area contributed by atoms with Gasteiger partial charge in [0.05, 0.1) is 5.41 Å². The van der Waals surface area contributed by atoms with Crippen LogP contribution in [0.15, 0.2) is 42.5 Å². The number of carbonyl (C=O) groups is 2. The number of carbonyl (C=O) groups excluding carboxylic acids is 1. The molecule has 1 aliphatic carbocycles. The van der Waals surface area contributed by atoms with Crippen LogP contribution in [0.5, 0.6) is 0 Å². The van der Waals surface area contributed by atoms with E-state index in [0.717, 1.165) is 34.4 Å². The second-order valence-electron chi connectivity index (χ2n) is 6.90. The first-order chi connectivity index (χ1) is 11.9. The minimum absolute atomic E-state index is 0.0193. The zero-order valence-corrected chi connectivity index (χ0v) is 14.6. The van der Waals surface area contributed by atoms with Gasteiger partial charge in [0.1, 0.15) is 0 Å². The molecular formula is C21H23NO3. The summed E-state index contributed by atoms with van der Waals surface area (Å²) in [4.78, 5) is 24.7. The first-order valence-electron chi connectivity index (χ1n) is 8.64. The number of carboxylic acid groups (broad SMARTS) is 1. The molecule has 130 valence electrons. The van der Waals surface area contributed by atoms with Crippen molar-refractivity contribution < 1.29 is 14.7 Å². The number of benzene rings is 2. The molecule has 4 nitrogen and oxygen atoms in total. The van der Waals surface area contributed by atoms with Gasteiger partial charge in [-0.1, -0.05) is 49.4 Å². The topological polar surface area (TPSA) is 66.4 Å². The van der Waals surface area contributed by atoms with Crippen LogP contribution in [0, 0.1) is 12.3 Å². The van der Waals surface area contributed by atoms with E-state index < -0.39 is 11.4 Å². The number of fused-ring (bicyclic) bond motifs is 1. The summed E-state index contributed by atoms with van der Waals surface area (Å²) in [5.41, 5.74) is 3.87. The lowest BCUT2D eigenvalue weighted by Gasteiger charge is -2.24. The van der Waals surface area contributed by atoms with Crippen molar-refractivity contribution in [3.8, 4) is 0 Å². The van der Waals surface area contributed by atoms with Crippen molar-refractivity contribution in [2.75, 3.05) is 5.32 Å². The van der Waals surface area contributed by atoms with Gasteiger partial charge in [-0.25, -0.2) is 0 Å². The van der Waals surface area contributed by atoms with Crippen molar-refractivity contribution in [1.82, 2.24) is 0 Å². The van der Waals surface area contributed by atoms with Crippen LogP contribution in [-0.4, -0.2) is 17.0 Å². The molecule has 1 amide bonds. The molecule has 0 atom stereocenters. The quantitative estimate of drug-likeness (QED) is 0.873. The number of aryl methyl sites for hydroxylation is 2. The molecule has 0 unspecified atom stereocenters. The summed E-state index contributed by atoms with van der Waals surface area (Å²) in [6, 6.07) is 13.6. The van der Waals surface area contributed by atoms with Gasteiger partial charge in [-0.05, 0) is 48.4 Å². The van der Waals surface area contributed by atoms with Gasteiger partial charge < -0.3 is 10.4 Å². The Morgan fingerprint density at radius 2 is 1.72 bits per heavy atom. The fraction of sp³-hybridized carbons (Fsp3) is 0.333. The second-order valence-corrected chi connectivity index (χ2v) is 6.90. The zero-order chi connectivity index (χ0) is 18.0. The number of hydrogen-bond donors (Lipinski definition) is 2. The summed E-state index contributed by atoms with van der Waals surface area (Å²) in [6.45, 7) is 3.99. The molecule has 3 rings (SSSR count). The Kier molecular flexibility index (Phi) is 4.62. The Morgan fingerprint density at radius 3 is 2.28 bits per heavy atom. The number of nitrogens with one attached hydrogen (secondary N) is 1. The molecule has 0 aliphatic heterocycles. The van der Waals surface area contributed by atoms with E-state index in [-0.39, 0.29) is 12.3 Å². The van der Waals surface area contributed by atoms with E-state index in [4.69, 9.17) is 0 Å². The molecule has 0 heterocycles. The van der Waals surface area contributed by atoms with Gasteiger partial charge in [0.15, 0.2) is 0 Å². The van der Waals surface area contributed by atoms with E-state index in [2.05, 4.69) is 5.32 Å². The lowest BCUT2D eigenvalue weighted by Crippen LogP contribution is -2.36. The smallest absolute Gasteiger partial charge is 0.310 e. The molecule has 0 spiro atoms. The number of para-hydroxylation sites is 1. The molecule has 0 saturated carbocycles. The van der Waals surface area contributed by atoms with Gasteiger partial charge in [-0.15, -0.1) is 0 Å². The van der Waals surface area contributed by atoms with Gasteiger partial charge >= 0.3 is 5.97 Å². The summed E-state index contributed by atoms with van der Waals surface area (Å²) in [7, 11) is 0. The number of amides is 1. The summed E-state index contributed by atoms with van der Waals surface area (Å²) in [6.07, 6.45) is 1.60. The summed E-state index contributed by atoms with van der Waals surface area (Å²) < 4.78 is 0. The number of anilines is 1. The van der Waals surface area contributed by atoms with E-state index in [9.17, 15) is 14.7 Å². The lowest BCUT2D eigenvalue weighted by atomic mass is 9.81. The average molecular weight is 337 g/mol. The van der Waals surface area contributed by atoms with Crippen molar-refractivity contribution in [3.05, 3.63) is 64.7 Å². The molecule has 0 fully saturated rings. The average Bonchev–Trinajstić information content (AvgIpc) is 2.96. The van der Waals surface area contributed by atoms with Gasteiger partial charge in [0.25, 0.3) is 0 Å². The maximum Gasteiger partial charge on any atom is 0.310 e. The SMILES string of the molecule is CCc1cccc(C)c1NC(=O)CC1(C(=O)O)Cc2ccccc2C1. The van der Waals surface area contributed by atoms with Gasteiger partial charge in [-0.2, -0.15) is 0 Å². The highest BCUT2D eigenvalue weighted by Gasteiger charge is 2.45. The van der Waals surface area contributed by atoms with Gasteiger partial charge in [0.2, 0.25) is 5.91 Å². The highest BCUT2D eigenvalue weighted by Crippen LogP contribution is 2.40. The van der Waals surface area contributed by atoms with Crippen LogP contribution in [-0.2, 0) is 28.9 Å². The standard InChI is InChI=1S/C21H23NO3/c1-3-15-10-6-7-14(2)19(15)22-18(23)13-21(20(24)25)11-16-8-4-5-9-17(16)12-21/h4-10H,3,11-13H2,1-2H3,(H,22,23)(H,24,25). The van der Waals surface area contributed by atoms with E-state index in [1.165, 1.54) is 0 Å². The van der Waals surface area contributed by atoms with Crippen LogP contribution >= 0.6 is 0 Å². The Morgan fingerprint density at radius 1 is 1.08 bits per heavy atom. The van der Waals surface area contributed by atoms with Gasteiger partial charge in [-0.3, -0.25) is 9.59 Å². The van der Waals surface area contributed by atoms with E-state index in [1.807, 2.05) is 56.3 Å². The first kappa shape index (κ1) is 17.2. The monoisotopic (exact) mass is 337 g/mol. The number of hydrogen-bond acceptors (Lipinski definition) is 2. The van der Waals surface area contributed by atoms with Crippen molar-refractivity contribution in [2.45, 2.75) is 39.5 Å². The molecule has 2 aromatic rings. The lowest BCUT2D eigenvalue weighted by molar-refractivity contribution is -0.150. The largest absolute Gasteiger partial charge is 0.481 e. The minimum atomic E-state index is -1.05. The molecule has 0 radical (unpaired) electrons. The predicted octanol–water partition coefficient (Wildman–Crippen LogP) is 3.76. The van der Waals surface area contributed by atoms with Crippen molar-refractivity contribution in [2.24, 2.45) is 5.41 Å². The first-order valence-corrected chi connectivity index (χ1v) is 8.64. The van der Waals surface area contributed by atoms with Crippen LogP contribution < -0.4 is 5.32 Å². The van der Waals surface area contributed by atoms with Crippen molar-refractivity contribution in [3.63, 3.8) is 0 Å². The molecule has 2 N–H and O–H groups in total. The van der Waals surface area contributed by atoms with Crippen molar-refractivity contribution in [1.29, 1.82) is 0 Å². The fourth-order valence-electron chi connectivity index (χ4n) is 3.74. The van der Waals surface area contributed by atoms with E-state index >= 15 is 0 Å². The van der Waals surface area contributed by atoms with Crippen molar-refractivity contribution >= 4 is 17.6 Å². The molecule has 25 heavy (non-hydrogen) atoms. The summed E-state index contributed by atoms with van der Waals surface area (Å²) >= 11 is 0. The third-order valence-electron chi connectivity index (χ3n) is 5.13. The third kappa shape index (κ3) is 3.29.